The van der Waals surface area contributed by atoms with Crippen molar-refractivity contribution in [3.05, 3.63) is 78.6 Å². The summed E-state index contributed by atoms with van der Waals surface area (Å²) in [4.78, 5) is 21.0. The normalized spacial score (nSPS) is 11.1. The Kier molecular flexibility index (Phi) is 9.84. The van der Waals surface area contributed by atoms with Crippen LogP contribution in [0.1, 0.15) is 64.4 Å². The number of hydrogen-bond acceptors (Lipinski definition) is 4. The molecule has 0 bridgehead atoms. The Labute approximate surface area is 197 Å². The molecule has 0 aliphatic rings. The highest BCUT2D eigenvalue weighted by Crippen LogP contribution is 2.23. The predicted octanol–water partition coefficient (Wildman–Crippen LogP) is 7.59. The number of nitrogens with zero attached hydrogens (tertiary/aromatic N) is 2. The standard InChI is InChI=1S/C29H34N2O2/c1-3-5-7-8-10-12-28(32)33-27-19-17-25(18-20-27)29-30-21-26(22-31-29)24-15-13-23(14-16-24)11-9-6-4-2/h8,10,13-22H,3-7,9,11-12H2,1-2H3/b10-8-. The quantitative estimate of drug-likeness (QED) is 0.125. The van der Waals surface area contributed by atoms with E-state index in [1.54, 1.807) is 12.1 Å². The highest BCUT2D eigenvalue weighted by molar-refractivity contribution is 5.74. The third kappa shape index (κ3) is 7.98. The first-order chi connectivity index (χ1) is 16.2. The molecule has 0 radical (unpaired) electrons. The van der Waals surface area contributed by atoms with Crippen LogP contribution in [0, 0.1) is 0 Å². The fourth-order valence-electron chi connectivity index (χ4n) is 3.53. The molecule has 172 valence electrons. The average Bonchev–Trinajstić information content (AvgIpc) is 2.85. The molecule has 0 saturated heterocycles. The van der Waals surface area contributed by atoms with Gasteiger partial charge < -0.3 is 4.74 Å². The number of carbonyl (C=O) groups is 1. The zero-order valence-corrected chi connectivity index (χ0v) is 19.8. The fourth-order valence-corrected chi connectivity index (χ4v) is 3.53. The minimum Gasteiger partial charge on any atom is -0.426 e. The van der Waals surface area contributed by atoms with Crippen molar-refractivity contribution in [2.45, 2.75) is 65.2 Å². The summed E-state index contributed by atoms with van der Waals surface area (Å²) in [6, 6.07) is 16.0. The van der Waals surface area contributed by atoms with Crippen molar-refractivity contribution in [3.63, 3.8) is 0 Å². The Morgan fingerprint density at radius 3 is 2.12 bits per heavy atom. The number of benzene rings is 2. The van der Waals surface area contributed by atoms with E-state index < -0.39 is 0 Å². The molecule has 4 nitrogen and oxygen atoms in total. The lowest BCUT2D eigenvalue weighted by Crippen LogP contribution is -2.06. The molecule has 0 fully saturated rings. The maximum absolute atomic E-state index is 12.0. The van der Waals surface area contributed by atoms with E-state index in [0.717, 1.165) is 42.4 Å². The van der Waals surface area contributed by atoms with Crippen LogP contribution in [0.3, 0.4) is 0 Å². The molecule has 0 aliphatic carbocycles. The van der Waals surface area contributed by atoms with E-state index in [1.807, 2.05) is 36.7 Å². The molecule has 0 aliphatic heterocycles. The number of hydrogen-bond donors (Lipinski definition) is 0. The first kappa shape index (κ1) is 24.4. The number of ether oxygens (including phenoxy) is 1. The van der Waals surface area contributed by atoms with Crippen LogP contribution in [-0.4, -0.2) is 15.9 Å². The number of aromatic nitrogens is 2. The van der Waals surface area contributed by atoms with Crippen molar-refractivity contribution in [2.24, 2.45) is 0 Å². The van der Waals surface area contributed by atoms with Gasteiger partial charge in [-0.2, -0.15) is 0 Å². The van der Waals surface area contributed by atoms with E-state index in [9.17, 15) is 4.79 Å². The summed E-state index contributed by atoms with van der Waals surface area (Å²) in [7, 11) is 0. The number of rotatable bonds is 12. The van der Waals surface area contributed by atoms with Crippen LogP contribution < -0.4 is 4.74 Å². The maximum Gasteiger partial charge on any atom is 0.315 e. The summed E-state index contributed by atoms with van der Waals surface area (Å²) in [6.45, 7) is 4.38. The average molecular weight is 443 g/mol. The van der Waals surface area contributed by atoms with Crippen LogP contribution in [-0.2, 0) is 11.2 Å². The van der Waals surface area contributed by atoms with Gasteiger partial charge in [0, 0.05) is 23.5 Å². The molecule has 0 amide bonds. The third-order valence-electron chi connectivity index (χ3n) is 5.53. The van der Waals surface area contributed by atoms with Gasteiger partial charge in [0.2, 0.25) is 0 Å². The fraction of sp³-hybridized carbons (Fsp3) is 0.345. The van der Waals surface area contributed by atoms with E-state index >= 15 is 0 Å². The van der Waals surface area contributed by atoms with Crippen molar-refractivity contribution in [1.82, 2.24) is 9.97 Å². The summed E-state index contributed by atoms with van der Waals surface area (Å²) >= 11 is 0. The zero-order chi connectivity index (χ0) is 23.3. The second-order valence-corrected chi connectivity index (χ2v) is 8.27. The molecule has 0 saturated carbocycles. The van der Waals surface area contributed by atoms with Crippen LogP contribution in [0.15, 0.2) is 73.1 Å². The lowest BCUT2D eigenvalue weighted by Gasteiger charge is -2.06. The van der Waals surface area contributed by atoms with Gasteiger partial charge in [0.25, 0.3) is 0 Å². The van der Waals surface area contributed by atoms with Crippen molar-refractivity contribution in [2.75, 3.05) is 0 Å². The molecule has 4 heteroatoms. The smallest absolute Gasteiger partial charge is 0.315 e. The Bertz CT molecular complexity index is 1010. The first-order valence-electron chi connectivity index (χ1n) is 12.1. The summed E-state index contributed by atoms with van der Waals surface area (Å²) in [5, 5.41) is 0. The van der Waals surface area contributed by atoms with Crippen LogP contribution >= 0.6 is 0 Å². The van der Waals surface area contributed by atoms with E-state index in [0.29, 0.717) is 11.6 Å². The van der Waals surface area contributed by atoms with Gasteiger partial charge in [-0.3, -0.25) is 4.79 Å². The zero-order valence-electron chi connectivity index (χ0n) is 19.8. The molecule has 1 heterocycles. The highest BCUT2D eigenvalue weighted by atomic mass is 16.5. The molecule has 0 atom stereocenters. The van der Waals surface area contributed by atoms with Gasteiger partial charge in [-0.05, 0) is 54.7 Å². The Hall–Kier alpha value is -3.27. The molecule has 1 aromatic heterocycles. The van der Waals surface area contributed by atoms with Gasteiger partial charge in [-0.15, -0.1) is 0 Å². The first-order valence-corrected chi connectivity index (χ1v) is 12.1. The largest absolute Gasteiger partial charge is 0.426 e. The van der Waals surface area contributed by atoms with E-state index in [2.05, 4.69) is 48.1 Å². The molecule has 3 aromatic rings. The second kappa shape index (κ2) is 13.3. The van der Waals surface area contributed by atoms with E-state index in [4.69, 9.17) is 4.74 Å². The molecular weight excluding hydrogens is 408 g/mol. The van der Waals surface area contributed by atoms with Gasteiger partial charge in [0.05, 0.1) is 6.42 Å². The molecule has 2 aromatic carbocycles. The number of allylic oxidation sites excluding steroid dienone is 1. The number of carbonyl (C=O) groups excluding carboxylic acids is 1. The predicted molar refractivity (Wildman–Crippen MR) is 135 cm³/mol. The highest BCUT2D eigenvalue weighted by Gasteiger charge is 2.06. The van der Waals surface area contributed by atoms with Crippen LogP contribution in [0.25, 0.3) is 22.5 Å². The van der Waals surface area contributed by atoms with Gasteiger partial charge in [-0.1, -0.05) is 75.9 Å². The van der Waals surface area contributed by atoms with E-state index in [-0.39, 0.29) is 12.4 Å². The van der Waals surface area contributed by atoms with Crippen LogP contribution in [0.2, 0.25) is 0 Å². The summed E-state index contributed by atoms with van der Waals surface area (Å²) in [5.41, 5.74) is 4.37. The topological polar surface area (TPSA) is 52.1 Å². The Balaban J connectivity index is 1.55. The number of esters is 1. The van der Waals surface area contributed by atoms with Crippen molar-refractivity contribution in [1.29, 1.82) is 0 Å². The lowest BCUT2D eigenvalue weighted by atomic mass is 10.0. The summed E-state index contributed by atoms with van der Waals surface area (Å²) in [6.07, 6.45) is 16.1. The van der Waals surface area contributed by atoms with Gasteiger partial charge >= 0.3 is 5.97 Å². The molecular formula is C29H34N2O2. The van der Waals surface area contributed by atoms with Gasteiger partial charge in [-0.25, -0.2) is 9.97 Å². The maximum atomic E-state index is 12.0. The molecule has 0 spiro atoms. The van der Waals surface area contributed by atoms with Gasteiger partial charge in [0.1, 0.15) is 5.75 Å². The summed E-state index contributed by atoms with van der Waals surface area (Å²) < 4.78 is 5.40. The number of aryl methyl sites for hydroxylation is 1. The van der Waals surface area contributed by atoms with Crippen LogP contribution in [0.5, 0.6) is 5.75 Å². The van der Waals surface area contributed by atoms with Crippen molar-refractivity contribution in [3.8, 4) is 28.3 Å². The molecule has 33 heavy (non-hydrogen) atoms. The van der Waals surface area contributed by atoms with Crippen molar-refractivity contribution < 1.29 is 9.53 Å². The Morgan fingerprint density at radius 1 is 0.788 bits per heavy atom. The molecule has 0 N–H and O–H groups in total. The second-order valence-electron chi connectivity index (χ2n) is 8.27. The third-order valence-corrected chi connectivity index (χ3v) is 5.53. The van der Waals surface area contributed by atoms with E-state index in [1.165, 1.54) is 24.8 Å². The monoisotopic (exact) mass is 442 g/mol. The lowest BCUT2D eigenvalue weighted by molar-refractivity contribution is -0.133. The molecule has 3 rings (SSSR count). The Morgan fingerprint density at radius 2 is 1.45 bits per heavy atom. The van der Waals surface area contributed by atoms with Crippen molar-refractivity contribution >= 4 is 5.97 Å². The molecule has 0 unspecified atom stereocenters. The van der Waals surface area contributed by atoms with Gasteiger partial charge in [0.15, 0.2) is 5.82 Å². The van der Waals surface area contributed by atoms with Crippen LogP contribution in [0.4, 0.5) is 0 Å². The SMILES string of the molecule is CCCC/C=C\CC(=O)Oc1ccc(-c2ncc(-c3ccc(CCCCC)cc3)cn2)cc1. The number of unbranched alkanes of at least 4 members (excludes halogenated alkanes) is 4. The minimum atomic E-state index is -0.257. The summed E-state index contributed by atoms with van der Waals surface area (Å²) in [5.74, 6) is 0.917. The minimum absolute atomic E-state index is 0.257.